The quantitative estimate of drug-likeness (QED) is 0.581. The Hall–Kier alpha value is -1.04. The number of fused-ring (bicyclic) bond motifs is 2. The Labute approximate surface area is 124 Å². The van der Waals surface area contributed by atoms with Crippen LogP contribution in [0.25, 0.3) is 0 Å². The minimum Gasteiger partial charge on any atom is -0.294 e. The number of carbonyl (C=O) groups is 1. The van der Waals surface area contributed by atoms with Gasteiger partial charge in [0.1, 0.15) is 11.4 Å². The van der Waals surface area contributed by atoms with Crippen LogP contribution in [-0.4, -0.2) is 16.3 Å². The first-order valence-corrected chi connectivity index (χ1v) is 7.86. The predicted octanol–water partition coefficient (Wildman–Crippen LogP) is 4.70. The standard InChI is InChI=1S/C15H14F4OS/c16-12-3-1-2-11(13(12)15(17,18)19)14(20)8-6-9-4-5-10(7-8)21-9/h1-3,8-10H,4-7H2. The molecule has 21 heavy (non-hydrogen) atoms. The molecule has 0 N–H and O–H groups in total. The molecule has 2 bridgehead atoms. The first kappa shape index (κ1) is 14.9. The van der Waals surface area contributed by atoms with E-state index in [4.69, 9.17) is 0 Å². The number of thioether (sulfide) groups is 1. The molecule has 2 saturated heterocycles. The maximum absolute atomic E-state index is 13.6. The van der Waals surface area contributed by atoms with Gasteiger partial charge in [-0.05, 0) is 31.7 Å². The molecule has 2 unspecified atom stereocenters. The average Bonchev–Trinajstić information content (AvgIpc) is 2.75. The molecule has 2 atom stereocenters. The summed E-state index contributed by atoms with van der Waals surface area (Å²) in [4.78, 5) is 12.5. The van der Waals surface area contributed by atoms with Crippen molar-refractivity contribution in [3.8, 4) is 0 Å². The van der Waals surface area contributed by atoms with Crippen LogP contribution in [0.4, 0.5) is 17.6 Å². The molecule has 2 heterocycles. The lowest BCUT2D eigenvalue weighted by Crippen LogP contribution is -2.27. The summed E-state index contributed by atoms with van der Waals surface area (Å²) >= 11 is 1.83. The molecule has 114 valence electrons. The Balaban J connectivity index is 1.93. The summed E-state index contributed by atoms with van der Waals surface area (Å²) in [6, 6.07) is 3.02. The van der Waals surface area contributed by atoms with E-state index >= 15 is 0 Å². The fourth-order valence-electron chi connectivity index (χ4n) is 3.31. The van der Waals surface area contributed by atoms with Gasteiger partial charge in [-0.3, -0.25) is 4.79 Å². The number of rotatable bonds is 2. The molecular weight excluding hydrogens is 304 g/mol. The van der Waals surface area contributed by atoms with Crippen molar-refractivity contribution in [1.82, 2.24) is 0 Å². The number of Topliss-reactive ketones (excluding diaryl/α,β-unsaturated/α-hetero) is 1. The molecule has 0 aliphatic carbocycles. The molecule has 1 nitrogen and oxygen atoms in total. The Morgan fingerprint density at radius 3 is 2.33 bits per heavy atom. The molecule has 3 rings (SSSR count). The van der Waals surface area contributed by atoms with Gasteiger partial charge in [0.05, 0.1) is 0 Å². The van der Waals surface area contributed by atoms with Crippen LogP contribution < -0.4 is 0 Å². The lowest BCUT2D eigenvalue weighted by atomic mass is 9.88. The van der Waals surface area contributed by atoms with Crippen LogP contribution in [0.15, 0.2) is 18.2 Å². The van der Waals surface area contributed by atoms with Crippen LogP contribution in [0.3, 0.4) is 0 Å². The van der Waals surface area contributed by atoms with Crippen molar-refractivity contribution < 1.29 is 22.4 Å². The minimum atomic E-state index is -4.85. The van der Waals surface area contributed by atoms with Crippen LogP contribution in [0.5, 0.6) is 0 Å². The molecule has 1 aromatic carbocycles. The van der Waals surface area contributed by atoms with Crippen molar-refractivity contribution in [2.24, 2.45) is 5.92 Å². The summed E-state index contributed by atoms with van der Waals surface area (Å²) in [5, 5.41) is 0.723. The molecule has 2 aliphatic rings. The number of hydrogen-bond donors (Lipinski definition) is 0. The van der Waals surface area contributed by atoms with Crippen molar-refractivity contribution in [3.05, 3.63) is 35.1 Å². The van der Waals surface area contributed by atoms with Crippen molar-refractivity contribution in [2.75, 3.05) is 0 Å². The number of hydrogen-bond acceptors (Lipinski definition) is 2. The number of ketones is 1. The fourth-order valence-corrected chi connectivity index (χ4v) is 5.08. The molecule has 2 aliphatic heterocycles. The van der Waals surface area contributed by atoms with E-state index in [0.29, 0.717) is 23.3 Å². The van der Waals surface area contributed by atoms with Gasteiger partial charge in [0, 0.05) is 22.0 Å². The Morgan fingerprint density at radius 1 is 1.14 bits per heavy atom. The van der Waals surface area contributed by atoms with Crippen LogP contribution in [0.1, 0.15) is 41.6 Å². The second kappa shape index (κ2) is 5.30. The zero-order valence-electron chi connectivity index (χ0n) is 11.1. The zero-order chi connectivity index (χ0) is 15.2. The molecule has 0 aromatic heterocycles. The summed E-state index contributed by atoms with van der Waals surface area (Å²) in [6.07, 6.45) is -1.59. The highest BCUT2D eigenvalue weighted by Gasteiger charge is 2.42. The summed E-state index contributed by atoms with van der Waals surface area (Å²) in [5.41, 5.74) is -1.93. The number of carbonyl (C=O) groups excluding carboxylic acids is 1. The highest BCUT2D eigenvalue weighted by atomic mass is 32.2. The van der Waals surface area contributed by atoms with E-state index in [-0.39, 0.29) is 0 Å². The van der Waals surface area contributed by atoms with E-state index in [1.165, 1.54) is 6.07 Å². The molecule has 0 radical (unpaired) electrons. The van der Waals surface area contributed by atoms with Gasteiger partial charge in [-0.1, -0.05) is 12.1 Å². The molecular formula is C15H14F4OS. The van der Waals surface area contributed by atoms with Gasteiger partial charge in [0.25, 0.3) is 0 Å². The highest BCUT2D eigenvalue weighted by Crippen LogP contribution is 2.47. The predicted molar refractivity (Wildman–Crippen MR) is 72.9 cm³/mol. The fraction of sp³-hybridized carbons (Fsp3) is 0.533. The third-order valence-electron chi connectivity index (χ3n) is 4.22. The number of benzene rings is 1. The van der Waals surface area contributed by atoms with Gasteiger partial charge in [-0.2, -0.15) is 24.9 Å². The Bertz CT molecular complexity index is 557. The summed E-state index contributed by atoms with van der Waals surface area (Å²) in [5.74, 6) is -2.34. The molecule has 0 saturated carbocycles. The lowest BCUT2D eigenvalue weighted by Gasteiger charge is -2.27. The van der Waals surface area contributed by atoms with Crippen molar-refractivity contribution in [1.29, 1.82) is 0 Å². The minimum absolute atomic E-state index is 0.362. The van der Waals surface area contributed by atoms with Gasteiger partial charge in [-0.25, -0.2) is 4.39 Å². The molecule has 0 amide bonds. The average molecular weight is 318 g/mol. The molecule has 2 fully saturated rings. The Kier molecular flexibility index (Phi) is 3.76. The van der Waals surface area contributed by atoms with Gasteiger partial charge in [0.2, 0.25) is 0 Å². The van der Waals surface area contributed by atoms with Gasteiger partial charge >= 0.3 is 6.18 Å². The summed E-state index contributed by atoms with van der Waals surface area (Å²) in [7, 11) is 0. The van der Waals surface area contributed by atoms with Gasteiger partial charge in [-0.15, -0.1) is 0 Å². The largest absolute Gasteiger partial charge is 0.419 e. The van der Waals surface area contributed by atoms with E-state index < -0.39 is 34.8 Å². The maximum Gasteiger partial charge on any atom is 0.419 e. The van der Waals surface area contributed by atoms with Crippen molar-refractivity contribution in [2.45, 2.75) is 42.4 Å². The van der Waals surface area contributed by atoms with Crippen molar-refractivity contribution in [3.63, 3.8) is 0 Å². The SMILES string of the molecule is O=C(c1cccc(F)c1C(F)(F)F)C1CC2CCC(C1)S2. The smallest absolute Gasteiger partial charge is 0.294 e. The van der Waals surface area contributed by atoms with Crippen LogP contribution >= 0.6 is 11.8 Å². The molecule has 1 aromatic rings. The molecule has 0 spiro atoms. The van der Waals surface area contributed by atoms with Crippen LogP contribution in [0.2, 0.25) is 0 Å². The first-order chi connectivity index (χ1) is 9.86. The molecule has 6 heteroatoms. The second-order valence-electron chi connectivity index (χ2n) is 5.65. The van der Waals surface area contributed by atoms with Gasteiger partial charge < -0.3 is 0 Å². The Morgan fingerprint density at radius 2 is 1.76 bits per heavy atom. The number of alkyl halides is 3. The van der Waals surface area contributed by atoms with Crippen LogP contribution in [0, 0.1) is 11.7 Å². The zero-order valence-corrected chi connectivity index (χ0v) is 11.9. The van der Waals surface area contributed by atoms with E-state index in [1.807, 2.05) is 11.8 Å². The summed E-state index contributed by atoms with van der Waals surface area (Å²) < 4.78 is 52.6. The third kappa shape index (κ3) is 2.82. The third-order valence-corrected chi connectivity index (χ3v) is 5.85. The van der Waals surface area contributed by atoms with Crippen LogP contribution in [-0.2, 0) is 6.18 Å². The van der Waals surface area contributed by atoms with Crippen molar-refractivity contribution >= 4 is 17.5 Å². The van der Waals surface area contributed by atoms with E-state index in [1.54, 1.807) is 0 Å². The lowest BCUT2D eigenvalue weighted by molar-refractivity contribution is -0.140. The van der Waals surface area contributed by atoms with E-state index in [0.717, 1.165) is 25.0 Å². The normalized spacial score (nSPS) is 28.7. The summed E-state index contributed by atoms with van der Waals surface area (Å²) in [6.45, 7) is 0. The van der Waals surface area contributed by atoms with Gasteiger partial charge in [0.15, 0.2) is 5.78 Å². The maximum atomic E-state index is 13.6. The first-order valence-electron chi connectivity index (χ1n) is 6.91. The second-order valence-corrected chi connectivity index (χ2v) is 7.26. The topological polar surface area (TPSA) is 17.1 Å². The monoisotopic (exact) mass is 318 g/mol. The number of halogens is 4. The van der Waals surface area contributed by atoms with E-state index in [9.17, 15) is 22.4 Å². The highest BCUT2D eigenvalue weighted by molar-refractivity contribution is 8.00. The van der Waals surface area contributed by atoms with E-state index in [2.05, 4.69) is 0 Å².